The van der Waals surface area contributed by atoms with Crippen LogP contribution in [0.4, 0.5) is 11.4 Å². The zero-order valence-electron chi connectivity index (χ0n) is 14.6. The van der Waals surface area contributed by atoms with Crippen LogP contribution in [0.3, 0.4) is 0 Å². The number of azo groups is 1. The van der Waals surface area contributed by atoms with Gasteiger partial charge in [-0.2, -0.15) is 0 Å². The molecule has 3 aromatic rings. The van der Waals surface area contributed by atoms with E-state index >= 15 is 0 Å². The number of carbonyl (C=O) groups is 2. The van der Waals surface area contributed by atoms with E-state index in [0.29, 0.717) is 22.6 Å². The molecule has 136 valence electrons. The molecule has 0 amide bonds. The third-order valence-electron chi connectivity index (χ3n) is 3.95. The number of carboxylic acid groups (broad SMARTS) is 1. The molecule has 27 heavy (non-hydrogen) atoms. The summed E-state index contributed by atoms with van der Waals surface area (Å²) in [5.74, 6) is -1.19. The molecule has 2 aromatic carbocycles. The van der Waals surface area contributed by atoms with E-state index in [-0.39, 0.29) is 17.0 Å². The van der Waals surface area contributed by atoms with E-state index in [1.165, 1.54) is 35.9 Å². The number of aryl methyl sites for hydroxylation is 1. The highest BCUT2D eigenvalue weighted by molar-refractivity contribution is 5.98. The van der Waals surface area contributed by atoms with Gasteiger partial charge < -0.3 is 5.11 Å². The molecule has 0 saturated heterocycles. The number of benzene rings is 2. The van der Waals surface area contributed by atoms with Gasteiger partial charge in [0.2, 0.25) is 0 Å². The second-order valence-electron chi connectivity index (χ2n) is 5.85. The Hall–Kier alpha value is -3.81. The van der Waals surface area contributed by atoms with Crippen LogP contribution in [-0.4, -0.2) is 26.6 Å². The van der Waals surface area contributed by atoms with E-state index in [0.717, 1.165) is 0 Å². The summed E-state index contributed by atoms with van der Waals surface area (Å²) in [5, 5.41) is 19.9. The van der Waals surface area contributed by atoms with E-state index in [2.05, 4.69) is 15.3 Å². The monoisotopic (exact) mass is 364 g/mol. The van der Waals surface area contributed by atoms with Gasteiger partial charge in [-0.3, -0.25) is 14.7 Å². The number of hydrogen-bond donors (Lipinski definition) is 2. The fourth-order valence-corrected chi connectivity index (χ4v) is 2.55. The first-order chi connectivity index (χ1) is 12.9. The lowest BCUT2D eigenvalue weighted by Gasteiger charge is -2.01. The number of H-pyrrole nitrogens is 1. The summed E-state index contributed by atoms with van der Waals surface area (Å²) in [6, 6.07) is 12.6. The first-order valence-corrected chi connectivity index (χ1v) is 8.05. The van der Waals surface area contributed by atoms with Gasteiger partial charge in [0.1, 0.15) is 0 Å². The minimum absolute atomic E-state index is 0.107. The summed E-state index contributed by atoms with van der Waals surface area (Å²) in [6.07, 6.45) is 0. The van der Waals surface area contributed by atoms with E-state index in [1.807, 2.05) is 0 Å². The molecule has 0 bridgehead atoms. The summed E-state index contributed by atoms with van der Waals surface area (Å²) < 4.78 is 1.26. The lowest BCUT2D eigenvalue weighted by molar-refractivity contribution is 0.0696. The molecule has 0 spiro atoms. The van der Waals surface area contributed by atoms with Crippen LogP contribution in [0.5, 0.6) is 0 Å². The van der Waals surface area contributed by atoms with Crippen molar-refractivity contribution in [3.05, 3.63) is 75.7 Å². The number of nitrogens with zero attached hydrogens (tertiary/aromatic N) is 3. The Labute approximate surface area is 153 Å². The number of rotatable bonds is 5. The number of carbonyl (C=O) groups excluding carboxylic acids is 1. The third-order valence-corrected chi connectivity index (χ3v) is 3.95. The molecule has 1 aromatic heterocycles. The first-order valence-electron chi connectivity index (χ1n) is 8.05. The van der Waals surface area contributed by atoms with Crippen molar-refractivity contribution < 1.29 is 14.7 Å². The third kappa shape index (κ3) is 3.59. The summed E-state index contributed by atoms with van der Waals surface area (Å²) in [6.45, 7) is 3.11. The SMILES string of the molecule is CC(=O)c1ccccc1N=Nc1c(C)[nH]n(-c2ccc(C(=O)O)cc2)c1=O. The highest BCUT2D eigenvalue weighted by Crippen LogP contribution is 2.23. The van der Waals surface area contributed by atoms with Gasteiger partial charge in [-0.25, -0.2) is 9.48 Å². The summed E-state index contributed by atoms with van der Waals surface area (Å²) in [5.41, 5.74) is 1.55. The molecule has 0 atom stereocenters. The zero-order valence-corrected chi connectivity index (χ0v) is 14.6. The molecule has 2 N–H and O–H groups in total. The zero-order chi connectivity index (χ0) is 19.6. The molecule has 8 nitrogen and oxygen atoms in total. The summed E-state index contributed by atoms with van der Waals surface area (Å²) in [4.78, 5) is 35.2. The van der Waals surface area contributed by atoms with Crippen LogP contribution < -0.4 is 5.56 Å². The van der Waals surface area contributed by atoms with Crippen LogP contribution in [0.15, 0.2) is 63.6 Å². The van der Waals surface area contributed by atoms with Crippen molar-refractivity contribution in [1.29, 1.82) is 0 Å². The maximum atomic E-state index is 12.6. The Kier molecular flexibility index (Phi) is 4.80. The molecule has 0 radical (unpaired) electrons. The van der Waals surface area contributed by atoms with Gasteiger partial charge in [0.15, 0.2) is 11.5 Å². The van der Waals surface area contributed by atoms with Crippen molar-refractivity contribution in [2.24, 2.45) is 10.2 Å². The maximum Gasteiger partial charge on any atom is 0.335 e. The quantitative estimate of drug-likeness (QED) is 0.529. The Morgan fingerprint density at radius 3 is 2.33 bits per heavy atom. The predicted molar refractivity (Wildman–Crippen MR) is 98.7 cm³/mol. The molecule has 1 heterocycles. The molecular formula is C19H16N4O4. The van der Waals surface area contributed by atoms with Crippen LogP contribution in [0.2, 0.25) is 0 Å². The van der Waals surface area contributed by atoms with Gasteiger partial charge in [0.25, 0.3) is 5.56 Å². The molecule has 0 unspecified atom stereocenters. The number of aromatic carboxylic acids is 1. The smallest absolute Gasteiger partial charge is 0.335 e. The lowest BCUT2D eigenvalue weighted by Crippen LogP contribution is -2.14. The van der Waals surface area contributed by atoms with Crippen LogP contribution >= 0.6 is 0 Å². The van der Waals surface area contributed by atoms with Gasteiger partial charge in [-0.05, 0) is 50.2 Å². The van der Waals surface area contributed by atoms with Crippen LogP contribution in [0, 0.1) is 6.92 Å². The van der Waals surface area contributed by atoms with Crippen molar-refractivity contribution >= 4 is 23.1 Å². The Morgan fingerprint density at radius 1 is 1.04 bits per heavy atom. The lowest BCUT2D eigenvalue weighted by atomic mass is 10.1. The van der Waals surface area contributed by atoms with Crippen LogP contribution in [0.1, 0.15) is 33.3 Å². The predicted octanol–water partition coefficient (Wildman–Crippen LogP) is 3.79. The first kappa shape index (κ1) is 18.0. The van der Waals surface area contributed by atoms with Crippen LogP contribution in [-0.2, 0) is 0 Å². The van der Waals surface area contributed by atoms with Gasteiger partial charge >= 0.3 is 5.97 Å². The largest absolute Gasteiger partial charge is 0.478 e. The van der Waals surface area contributed by atoms with E-state index in [1.54, 1.807) is 31.2 Å². The number of aromatic amines is 1. The molecular weight excluding hydrogens is 348 g/mol. The summed E-state index contributed by atoms with van der Waals surface area (Å²) >= 11 is 0. The van der Waals surface area contributed by atoms with Crippen LogP contribution in [0.25, 0.3) is 5.69 Å². The highest BCUT2D eigenvalue weighted by atomic mass is 16.4. The molecule has 0 fully saturated rings. The fourth-order valence-electron chi connectivity index (χ4n) is 2.55. The number of hydrogen-bond acceptors (Lipinski definition) is 5. The molecule has 0 aliphatic heterocycles. The van der Waals surface area contributed by atoms with Crippen molar-refractivity contribution in [3.8, 4) is 5.69 Å². The summed E-state index contributed by atoms with van der Waals surface area (Å²) in [7, 11) is 0. The molecule has 0 aliphatic rings. The van der Waals surface area contributed by atoms with Crippen molar-refractivity contribution in [1.82, 2.24) is 9.78 Å². The van der Waals surface area contributed by atoms with Crippen molar-refractivity contribution in [2.75, 3.05) is 0 Å². The fraction of sp³-hybridized carbons (Fsp3) is 0.105. The number of nitrogens with one attached hydrogen (secondary N) is 1. The minimum Gasteiger partial charge on any atom is -0.478 e. The topological polar surface area (TPSA) is 117 Å². The standard InChI is InChI=1S/C19H16N4O4/c1-11-17(21-20-16-6-4-3-5-15(16)12(2)24)18(25)23(22-11)14-9-7-13(8-10-14)19(26)27/h3-10,22H,1-2H3,(H,26,27). The number of ketones is 1. The van der Waals surface area contributed by atoms with Crippen molar-refractivity contribution in [3.63, 3.8) is 0 Å². The molecule has 0 aliphatic carbocycles. The average molecular weight is 364 g/mol. The van der Waals surface area contributed by atoms with Gasteiger partial charge in [0.05, 0.1) is 22.6 Å². The maximum absolute atomic E-state index is 12.6. The highest BCUT2D eigenvalue weighted by Gasteiger charge is 2.13. The van der Waals surface area contributed by atoms with Gasteiger partial charge in [-0.1, -0.05) is 12.1 Å². The van der Waals surface area contributed by atoms with E-state index in [9.17, 15) is 14.4 Å². The Bertz CT molecular complexity index is 1110. The Balaban J connectivity index is 1.99. The normalized spacial score (nSPS) is 11.0. The number of carboxylic acids is 1. The number of Topliss-reactive ketones (excluding diaryl/α,β-unsaturated/α-hetero) is 1. The molecule has 0 saturated carbocycles. The molecule has 3 rings (SSSR count). The van der Waals surface area contributed by atoms with Gasteiger partial charge in [-0.15, -0.1) is 10.2 Å². The second kappa shape index (κ2) is 7.20. The van der Waals surface area contributed by atoms with E-state index < -0.39 is 11.5 Å². The Morgan fingerprint density at radius 2 is 1.70 bits per heavy atom. The average Bonchev–Trinajstić information content (AvgIpc) is 2.94. The second-order valence-corrected chi connectivity index (χ2v) is 5.85. The number of aromatic nitrogens is 2. The van der Waals surface area contributed by atoms with E-state index in [4.69, 9.17) is 5.11 Å². The minimum atomic E-state index is -1.05. The molecule has 8 heteroatoms. The van der Waals surface area contributed by atoms with Gasteiger partial charge in [0, 0.05) is 5.56 Å². The van der Waals surface area contributed by atoms with Crippen molar-refractivity contribution in [2.45, 2.75) is 13.8 Å².